The van der Waals surface area contributed by atoms with Crippen LogP contribution in [0.1, 0.15) is 6.92 Å². The molecule has 2 rings (SSSR count). The molecule has 1 fully saturated rings. The van der Waals surface area contributed by atoms with Gasteiger partial charge in [-0.2, -0.15) is 0 Å². The van der Waals surface area contributed by atoms with E-state index in [9.17, 15) is 9.18 Å². The molecule has 0 radical (unpaired) electrons. The van der Waals surface area contributed by atoms with Crippen LogP contribution >= 0.6 is 0 Å². The van der Waals surface area contributed by atoms with Crippen LogP contribution in [-0.4, -0.2) is 43.0 Å². The number of amides is 1. The summed E-state index contributed by atoms with van der Waals surface area (Å²) in [6, 6.07) is 5.97. The van der Waals surface area contributed by atoms with Crippen LogP contribution in [-0.2, 0) is 4.79 Å². The van der Waals surface area contributed by atoms with Gasteiger partial charge >= 0.3 is 0 Å². The second kappa shape index (κ2) is 5.93. The van der Waals surface area contributed by atoms with Crippen molar-refractivity contribution in [1.29, 1.82) is 0 Å². The quantitative estimate of drug-likeness (QED) is 0.844. The summed E-state index contributed by atoms with van der Waals surface area (Å²) in [7, 11) is 0. The van der Waals surface area contributed by atoms with Crippen LogP contribution in [0.15, 0.2) is 24.3 Å². The molecule has 1 aliphatic rings. The van der Waals surface area contributed by atoms with E-state index in [4.69, 9.17) is 0 Å². The fourth-order valence-electron chi connectivity index (χ4n) is 2.04. The van der Waals surface area contributed by atoms with Crippen LogP contribution in [0.3, 0.4) is 0 Å². The van der Waals surface area contributed by atoms with Crippen molar-refractivity contribution >= 4 is 11.6 Å². The highest BCUT2D eigenvalue weighted by atomic mass is 19.1. The van der Waals surface area contributed by atoms with Gasteiger partial charge in [0.1, 0.15) is 5.82 Å². The molecule has 2 N–H and O–H groups in total. The molecule has 0 bridgehead atoms. The van der Waals surface area contributed by atoms with Crippen LogP contribution in [0.4, 0.5) is 10.1 Å². The highest BCUT2D eigenvalue weighted by molar-refractivity contribution is 5.94. The van der Waals surface area contributed by atoms with Gasteiger partial charge in [0.05, 0.1) is 11.7 Å². The van der Waals surface area contributed by atoms with Gasteiger partial charge in [0.2, 0.25) is 5.91 Å². The number of hydrogen-bond donors (Lipinski definition) is 2. The number of hydrogen-bond acceptors (Lipinski definition) is 3. The molecule has 1 aromatic carbocycles. The van der Waals surface area contributed by atoms with E-state index in [1.54, 1.807) is 18.2 Å². The fourth-order valence-corrected chi connectivity index (χ4v) is 2.04. The zero-order valence-corrected chi connectivity index (χ0v) is 10.4. The molecule has 0 aromatic heterocycles. The van der Waals surface area contributed by atoms with Gasteiger partial charge in [0.15, 0.2) is 0 Å². The van der Waals surface area contributed by atoms with Gasteiger partial charge in [-0.1, -0.05) is 12.1 Å². The van der Waals surface area contributed by atoms with Crippen molar-refractivity contribution in [1.82, 2.24) is 10.2 Å². The Morgan fingerprint density at radius 2 is 2.06 bits per heavy atom. The number of piperazine rings is 1. The number of nitrogens with zero attached hydrogens (tertiary/aromatic N) is 1. The summed E-state index contributed by atoms with van der Waals surface area (Å²) in [5, 5.41) is 5.87. The number of para-hydroxylation sites is 1. The average molecular weight is 251 g/mol. The lowest BCUT2D eigenvalue weighted by atomic mass is 10.2. The van der Waals surface area contributed by atoms with Gasteiger partial charge in [-0.3, -0.25) is 9.69 Å². The molecule has 5 heteroatoms. The first-order valence-corrected chi connectivity index (χ1v) is 6.18. The first-order valence-electron chi connectivity index (χ1n) is 6.18. The molecule has 1 aromatic rings. The molecule has 98 valence electrons. The van der Waals surface area contributed by atoms with Gasteiger partial charge in [-0.15, -0.1) is 0 Å². The predicted octanol–water partition coefficient (Wildman–Crippen LogP) is 1.06. The van der Waals surface area contributed by atoms with Gasteiger partial charge < -0.3 is 10.6 Å². The minimum Gasteiger partial charge on any atom is -0.322 e. The number of carbonyl (C=O) groups is 1. The molecular formula is C13H18FN3O. The highest BCUT2D eigenvalue weighted by Gasteiger charge is 2.23. The van der Waals surface area contributed by atoms with E-state index in [1.165, 1.54) is 6.07 Å². The second-order valence-electron chi connectivity index (χ2n) is 4.43. The molecule has 4 nitrogen and oxygen atoms in total. The Labute approximate surface area is 106 Å². The predicted molar refractivity (Wildman–Crippen MR) is 68.9 cm³/mol. The number of benzene rings is 1. The maximum absolute atomic E-state index is 13.4. The normalized spacial score (nSPS) is 18.3. The number of nitrogens with one attached hydrogen (secondary N) is 2. The number of halogens is 1. The Morgan fingerprint density at radius 3 is 2.72 bits per heavy atom. The Bertz CT molecular complexity index is 418. The summed E-state index contributed by atoms with van der Waals surface area (Å²) < 4.78 is 13.4. The SMILES string of the molecule is CC(C(=O)Nc1ccccc1F)N1CCNCC1. The largest absolute Gasteiger partial charge is 0.322 e. The summed E-state index contributed by atoms with van der Waals surface area (Å²) in [5.41, 5.74) is 0.240. The van der Waals surface area contributed by atoms with E-state index in [0.717, 1.165) is 26.2 Å². The van der Waals surface area contributed by atoms with E-state index < -0.39 is 5.82 Å². The fraction of sp³-hybridized carbons (Fsp3) is 0.462. The Kier molecular flexibility index (Phi) is 4.28. The molecule has 0 spiro atoms. The molecule has 1 atom stereocenters. The van der Waals surface area contributed by atoms with Crippen molar-refractivity contribution in [3.63, 3.8) is 0 Å². The lowest BCUT2D eigenvalue weighted by molar-refractivity contribution is -0.121. The Morgan fingerprint density at radius 1 is 1.39 bits per heavy atom. The Balaban J connectivity index is 1.97. The third-order valence-corrected chi connectivity index (χ3v) is 3.21. The van der Waals surface area contributed by atoms with Crippen molar-refractivity contribution in [3.8, 4) is 0 Å². The van der Waals surface area contributed by atoms with E-state index in [0.29, 0.717) is 0 Å². The van der Waals surface area contributed by atoms with E-state index in [2.05, 4.69) is 15.5 Å². The van der Waals surface area contributed by atoms with E-state index >= 15 is 0 Å². The average Bonchev–Trinajstić information content (AvgIpc) is 2.41. The summed E-state index contributed by atoms with van der Waals surface area (Å²) in [6.45, 7) is 5.30. The molecule has 1 saturated heterocycles. The monoisotopic (exact) mass is 251 g/mol. The summed E-state index contributed by atoms with van der Waals surface area (Å²) in [5.74, 6) is -0.569. The van der Waals surface area contributed by atoms with Crippen molar-refractivity contribution in [3.05, 3.63) is 30.1 Å². The molecule has 1 heterocycles. The van der Waals surface area contributed by atoms with Crippen LogP contribution in [0.25, 0.3) is 0 Å². The highest BCUT2D eigenvalue weighted by Crippen LogP contribution is 2.13. The smallest absolute Gasteiger partial charge is 0.241 e. The number of anilines is 1. The molecule has 1 aliphatic heterocycles. The zero-order valence-electron chi connectivity index (χ0n) is 10.4. The maximum atomic E-state index is 13.4. The van der Waals surface area contributed by atoms with Crippen LogP contribution < -0.4 is 10.6 Å². The topological polar surface area (TPSA) is 44.4 Å². The lowest BCUT2D eigenvalue weighted by Crippen LogP contribution is -2.51. The van der Waals surface area contributed by atoms with Gasteiger partial charge in [0, 0.05) is 26.2 Å². The molecule has 18 heavy (non-hydrogen) atoms. The third kappa shape index (κ3) is 3.05. The number of carbonyl (C=O) groups excluding carboxylic acids is 1. The molecule has 0 saturated carbocycles. The third-order valence-electron chi connectivity index (χ3n) is 3.21. The van der Waals surface area contributed by atoms with Crippen molar-refractivity contribution in [2.24, 2.45) is 0 Å². The van der Waals surface area contributed by atoms with Crippen LogP contribution in [0.2, 0.25) is 0 Å². The van der Waals surface area contributed by atoms with E-state index in [1.807, 2.05) is 6.92 Å². The summed E-state index contributed by atoms with van der Waals surface area (Å²) in [6.07, 6.45) is 0. The zero-order chi connectivity index (χ0) is 13.0. The van der Waals surface area contributed by atoms with Crippen LogP contribution in [0.5, 0.6) is 0 Å². The first kappa shape index (κ1) is 13.0. The summed E-state index contributed by atoms with van der Waals surface area (Å²) in [4.78, 5) is 14.1. The molecule has 1 amide bonds. The second-order valence-corrected chi connectivity index (χ2v) is 4.43. The van der Waals surface area contributed by atoms with Gasteiger partial charge in [-0.05, 0) is 19.1 Å². The van der Waals surface area contributed by atoms with Crippen LogP contribution in [0, 0.1) is 5.82 Å². The standard InChI is InChI=1S/C13H18FN3O/c1-10(17-8-6-15-7-9-17)13(18)16-12-5-3-2-4-11(12)14/h2-5,10,15H,6-9H2,1H3,(H,16,18). The molecule has 0 aliphatic carbocycles. The van der Waals surface area contributed by atoms with E-state index in [-0.39, 0.29) is 17.6 Å². The van der Waals surface area contributed by atoms with Crippen molar-refractivity contribution in [2.45, 2.75) is 13.0 Å². The molecule has 1 unspecified atom stereocenters. The van der Waals surface area contributed by atoms with Crippen molar-refractivity contribution < 1.29 is 9.18 Å². The maximum Gasteiger partial charge on any atom is 0.241 e. The Hall–Kier alpha value is -1.46. The van der Waals surface area contributed by atoms with Gasteiger partial charge in [0.25, 0.3) is 0 Å². The van der Waals surface area contributed by atoms with Crippen molar-refractivity contribution in [2.75, 3.05) is 31.5 Å². The lowest BCUT2D eigenvalue weighted by Gasteiger charge is -2.31. The number of rotatable bonds is 3. The summed E-state index contributed by atoms with van der Waals surface area (Å²) >= 11 is 0. The van der Waals surface area contributed by atoms with Gasteiger partial charge in [-0.25, -0.2) is 4.39 Å². The first-order chi connectivity index (χ1) is 8.68. The minimum absolute atomic E-state index is 0.165. The minimum atomic E-state index is -0.404. The molecular weight excluding hydrogens is 233 g/mol.